The number of aromatic nitrogens is 1. The number of nitrogens with one attached hydrogen (secondary N) is 1. The molecule has 4 nitrogen and oxygen atoms in total. The molecule has 2 aromatic carbocycles. The van der Waals surface area contributed by atoms with Crippen LogP contribution in [0.1, 0.15) is 15.9 Å². The Morgan fingerprint density at radius 2 is 1.81 bits per heavy atom. The average Bonchev–Trinajstić information content (AvgIpc) is 2.55. The molecule has 0 spiro atoms. The number of benzene rings is 2. The number of hydrogen-bond donors (Lipinski definition) is 2. The van der Waals surface area contributed by atoms with E-state index in [0.717, 1.165) is 11.1 Å². The maximum absolute atomic E-state index is 12.5. The van der Waals surface area contributed by atoms with Gasteiger partial charge in [-0.3, -0.25) is 9.78 Å². The van der Waals surface area contributed by atoms with Crippen molar-refractivity contribution in [1.82, 2.24) is 4.98 Å². The first kappa shape index (κ1) is 13.1. The Kier molecular flexibility index (Phi) is 3.28. The number of aromatic hydroxyl groups is 1. The fourth-order valence-corrected chi connectivity index (χ4v) is 2.40. The number of pyridine rings is 1. The van der Waals surface area contributed by atoms with Crippen molar-refractivity contribution in [3.05, 3.63) is 66.0 Å². The van der Waals surface area contributed by atoms with Crippen molar-refractivity contribution in [2.24, 2.45) is 0 Å². The van der Waals surface area contributed by atoms with Crippen LogP contribution in [0.2, 0.25) is 0 Å². The molecule has 0 fully saturated rings. The zero-order chi connectivity index (χ0) is 14.8. The van der Waals surface area contributed by atoms with Gasteiger partial charge in [0.1, 0.15) is 5.75 Å². The van der Waals surface area contributed by atoms with Gasteiger partial charge in [0.05, 0.1) is 5.56 Å². The molecule has 0 radical (unpaired) electrons. The minimum absolute atomic E-state index is 0.00594. The van der Waals surface area contributed by atoms with Crippen molar-refractivity contribution >= 4 is 22.2 Å². The van der Waals surface area contributed by atoms with Crippen LogP contribution in [0.3, 0.4) is 0 Å². The number of rotatable bonds is 3. The Balaban J connectivity index is 2.17. The molecule has 0 saturated heterocycles. The molecule has 0 amide bonds. The van der Waals surface area contributed by atoms with Crippen molar-refractivity contribution in [3.63, 3.8) is 0 Å². The summed E-state index contributed by atoms with van der Waals surface area (Å²) in [6, 6.07) is 12.3. The van der Waals surface area contributed by atoms with Gasteiger partial charge in [-0.25, -0.2) is 0 Å². The SMILES string of the molecule is CNc1cccc2c(O)c(C(=O)c3ccncc3)ccc12. The number of hydrogen-bond acceptors (Lipinski definition) is 4. The number of fused-ring (bicyclic) bond motifs is 1. The van der Waals surface area contributed by atoms with Crippen LogP contribution in [0, 0.1) is 0 Å². The van der Waals surface area contributed by atoms with E-state index in [4.69, 9.17) is 0 Å². The highest BCUT2D eigenvalue weighted by atomic mass is 16.3. The third kappa shape index (κ3) is 2.21. The molecule has 104 valence electrons. The van der Waals surface area contributed by atoms with Crippen molar-refractivity contribution < 1.29 is 9.90 Å². The van der Waals surface area contributed by atoms with Crippen LogP contribution in [0.5, 0.6) is 5.75 Å². The summed E-state index contributed by atoms with van der Waals surface area (Å²) >= 11 is 0. The molecule has 21 heavy (non-hydrogen) atoms. The average molecular weight is 278 g/mol. The first-order valence-electron chi connectivity index (χ1n) is 6.59. The second-order valence-corrected chi connectivity index (χ2v) is 4.68. The largest absolute Gasteiger partial charge is 0.507 e. The Morgan fingerprint density at radius 3 is 2.52 bits per heavy atom. The molecule has 3 rings (SSSR count). The minimum atomic E-state index is -0.216. The number of carbonyl (C=O) groups excluding carboxylic acids is 1. The van der Waals surface area contributed by atoms with Gasteiger partial charge in [-0.05, 0) is 24.3 Å². The van der Waals surface area contributed by atoms with E-state index in [2.05, 4.69) is 10.3 Å². The molecule has 0 bridgehead atoms. The second-order valence-electron chi connectivity index (χ2n) is 4.68. The molecule has 1 heterocycles. The lowest BCUT2D eigenvalue weighted by atomic mass is 9.98. The highest BCUT2D eigenvalue weighted by molar-refractivity contribution is 6.14. The predicted molar refractivity (Wildman–Crippen MR) is 82.8 cm³/mol. The summed E-state index contributed by atoms with van der Waals surface area (Å²) in [4.78, 5) is 16.4. The van der Waals surface area contributed by atoms with Crippen LogP contribution in [-0.4, -0.2) is 22.9 Å². The lowest BCUT2D eigenvalue weighted by Crippen LogP contribution is -2.02. The molecular weight excluding hydrogens is 264 g/mol. The van der Waals surface area contributed by atoms with Crippen molar-refractivity contribution in [2.45, 2.75) is 0 Å². The van der Waals surface area contributed by atoms with Gasteiger partial charge in [0.2, 0.25) is 0 Å². The van der Waals surface area contributed by atoms with E-state index in [1.807, 2.05) is 25.2 Å². The third-order valence-electron chi connectivity index (χ3n) is 3.49. The maximum atomic E-state index is 12.5. The second kappa shape index (κ2) is 5.25. The fourth-order valence-electron chi connectivity index (χ4n) is 2.40. The van der Waals surface area contributed by atoms with Gasteiger partial charge >= 0.3 is 0 Å². The van der Waals surface area contributed by atoms with E-state index in [1.54, 1.807) is 36.7 Å². The number of ketones is 1. The van der Waals surface area contributed by atoms with Gasteiger partial charge in [-0.15, -0.1) is 0 Å². The van der Waals surface area contributed by atoms with Crippen molar-refractivity contribution in [1.29, 1.82) is 0 Å². The van der Waals surface area contributed by atoms with Crippen LogP contribution < -0.4 is 5.32 Å². The van der Waals surface area contributed by atoms with Gasteiger partial charge in [0.25, 0.3) is 0 Å². The van der Waals surface area contributed by atoms with Gasteiger partial charge in [0.15, 0.2) is 5.78 Å². The first-order valence-corrected chi connectivity index (χ1v) is 6.59. The van der Waals surface area contributed by atoms with E-state index in [1.165, 1.54) is 0 Å². The van der Waals surface area contributed by atoms with Crippen LogP contribution in [0.25, 0.3) is 10.8 Å². The number of nitrogens with zero attached hydrogens (tertiary/aromatic N) is 1. The summed E-state index contributed by atoms with van der Waals surface area (Å²) in [6.07, 6.45) is 3.12. The van der Waals surface area contributed by atoms with Crippen molar-refractivity contribution in [3.8, 4) is 5.75 Å². The maximum Gasteiger partial charge on any atom is 0.196 e. The highest BCUT2D eigenvalue weighted by Gasteiger charge is 2.16. The summed E-state index contributed by atoms with van der Waals surface area (Å²) < 4.78 is 0. The molecule has 0 atom stereocenters. The fraction of sp³-hybridized carbons (Fsp3) is 0.0588. The Bertz CT molecular complexity index is 814. The van der Waals surface area contributed by atoms with E-state index in [-0.39, 0.29) is 11.5 Å². The summed E-state index contributed by atoms with van der Waals surface area (Å²) in [7, 11) is 1.82. The number of phenolic OH excluding ortho intramolecular Hbond substituents is 1. The normalized spacial score (nSPS) is 10.5. The van der Waals surface area contributed by atoms with Crippen LogP contribution in [0.4, 0.5) is 5.69 Å². The monoisotopic (exact) mass is 278 g/mol. The molecule has 0 aliphatic heterocycles. The molecule has 0 aliphatic carbocycles. The van der Waals surface area contributed by atoms with E-state index in [0.29, 0.717) is 16.5 Å². The molecule has 0 unspecified atom stereocenters. The van der Waals surface area contributed by atoms with Crippen LogP contribution in [-0.2, 0) is 0 Å². The molecule has 3 aromatic rings. The molecule has 0 aliphatic rings. The summed E-state index contributed by atoms with van der Waals surface area (Å²) in [5, 5.41) is 15.0. The highest BCUT2D eigenvalue weighted by Crippen LogP contribution is 2.33. The van der Waals surface area contributed by atoms with Gasteiger partial charge in [0, 0.05) is 41.5 Å². The van der Waals surface area contributed by atoms with Gasteiger partial charge < -0.3 is 10.4 Å². The topological polar surface area (TPSA) is 62.2 Å². The lowest BCUT2D eigenvalue weighted by molar-refractivity contribution is 0.103. The molecular formula is C17H14N2O2. The summed E-state index contributed by atoms with van der Waals surface area (Å²) in [6.45, 7) is 0. The minimum Gasteiger partial charge on any atom is -0.507 e. The molecule has 1 aromatic heterocycles. The van der Waals surface area contributed by atoms with Crippen molar-refractivity contribution in [2.75, 3.05) is 12.4 Å². The lowest BCUT2D eigenvalue weighted by Gasteiger charge is -2.10. The Morgan fingerprint density at radius 1 is 1.05 bits per heavy atom. The zero-order valence-corrected chi connectivity index (χ0v) is 11.5. The molecule has 4 heteroatoms. The van der Waals surface area contributed by atoms with Crippen LogP contribution >= 0.6 is 0 Å². The Hall–Kier alpha value is -2.88. The number of anilines is 1. The third-order valence-corrected chi connectivity index (χ3v) is 3.49. The number of carbonyl (C=O) groups is 1. The predicted octanol–water partition coefficient (Wildman–Crippen LogP) is 3.21. The summed E-state index contributed by atoms with van der Waals surface area (Å²) in [5.74, 6) is -0.210. The standard InChI is InChI=1S/C17H14N2O2/c1-18-15-4-2-3-13-12(15)5-6-14(17(13)21)16(20)11-7-9-19-10-8-11/h2-10,18,21H,1H3. The van der Waals surface area contributed by atoms with E-state index in [9.17, 15) is 9.90 Å². The van der Waals surface area contributed by atoms with Crippen LogP contribution in [0.15, 0.2) is 54.9 Å². The number of phenols is 1. The smallest absolute Gasteiger partial charge is 0.196 e. The molecule has 0 saturated carbocycles. The van der Waals surface area contributed by atoms with Gasteiger partial charge in [-0.2, -0.15) is 0 Å². The summed E-state index contributed by atoms with van der Waals surface area (Å²) in [5.41, 5.74) is 1.71. The molecule has 2 N–H and O–H groups in total. The zero-order valence-electron chi connectivity index (χ0n) is 11.5. The quantitative estimate of drug-likeness (QED) is 0.722. The van der Waals surface area contributed by atoms with E-state index >= 15 is 0 Å². The van der Waals surface area contributed by atoms with E-state index < -0.39 is 0 Å². The Labute approximate surface area is 122 Å². The van der Waals surface area contributed by atoms with Gasteiger partial charge in [-0.1, -0.05) is 18.2 Å². The first-order chi connectivity index (χ1) is 10.2.